The van der Waals surface area contributed by atoms with Gasteiger partial charge in [-0.05, 0) is 47.4 Å². The van der Waals surface area contributed by atoms with Crippen LogP contribution in [0.15, 0.2) is 48.8 Å². The van der Waals surface area contributed by atoms with Gasteiger partial charge in [0.1, 0.15) is 5.75 Å². The fourth-order valence-electron chi connectivity index (χ4n) is 3.29. The van der Waals surface area contributed by atoms with E-state index in [9.17, 15) is 5.11 Å². The number of hydrogen-bond acceptors (Lipinski definition) is 3. The van der Waals surface area contributed by atoms with Crippen molar-refractivity contribution in [2.75, 3.05) is 0 Å². The molecule has 2 aromatic carbocycles. The molecule has 0 saturated carbocycles. The number of aromatic hydroxyl groups is 1. The van der Waals surface area contributed by atoms with Crippen molar-refractivity contribution in [2.24, 2.45) is 0 Å². The van der Waals surface area contributed by atoms with E-state index in [2.05, 4.69) is 23.0 Å². The lowest BCUT2D eigenvalue weighted by molar-refractivity contribution is 0.476. The molecule has 136 valence electrons. The summed E-state index contributed by atoms with van der Waals surface area (Å²) >= 11 is 0. The number of aromatic nitrogens is 2. The van der Waals surface area contributed by atoms with Crippen LogP contribution in [0.5, 0.6) is 5.75 Å². The van der Waals surface area contributed by atoms with Gasteiger partial charge < -0.3 is 5.11 Å². The van der Waals surface area contributed by atoms with Gasteiger partial charge in [-0.1, -0.05) is 63.6 Å². The summed E-state index contributed by atoms with van der Waals surface area (Å²) in [6, 6.07) is 11.5. The van der Waals surface area contributed by atoms with Gasteiger partial charge in [0.25, 0.3) is 0 Å². The van der Waals surface area contributed by atoms with Crippen LogP contribution >= 0.6 is 0 Å². The Bertz CT molecular complexity index is 827. The van der Waals surface area contributed by atoms with Crippen LogP contribution in [0.1, 0.15) is 57.4 Å². The molecule has 3 rings (SSSR count). The molecule has 1 aromatic heterocycles. The molecule has 0 unspecified atom stereocenters. The number of benzene rings is 2. The van der Waals surface area contributed by atoms with E-state index in [0.717, 1.165) is 28.6 Å². The summed E-state index contributed by atoms with van der Waals surface area (Å²) in [6.07, 6.45) is 14.2. The Morgan fingerprint density at radius 2 is 1.42 bits per heavy atom. The summed E-state index contributed by atoms with van der Waals surface area (Å²) in [6.45, 7) is 2.26. The Hall–Kier alpha value is -2.42. The molecule has 0 bridgehead atoms. The van der Waals surface area contributed by atoms with E-state index < -0.39 is 0 Å². The van der Waals surface area contributed by atoms with Gasteiger partial charge in [-0.2, -0.15) is 0 Å². The van der Waals surface area contributed by atoms with Gasteiger partial charge in [0.15, 0.2) is 5.82 Å². The summed E-state index contributed by atoms with van der Waals surface area (Å²) < 4.78 is 0. The topological polar surface area (TPSA) is 46.0 Å². The standard InChI is InChI=1S/C23H28N2O/c1-2-3-4-5-6-7-8-9-18-16-24-23(25-17-18)21-11-10-20-15-22(26)13-12-19(20)14-21/h10-17,26H,2-9H2,1H3. The Morgan fingerprint density at radius 3 is 2.19 bits per heavy atom. The Kier molecular flexibility index (Phi) is 6.59. The molecule has 0 atom stereocenters. The molecule has 0 amide bonds. The van der Waals surface area contributed by atoms with Gasteiger partial charge in [-0.3, -0.25) is 0 Å². The SMILES string of the molecule is CCCCCCCCCc1cnc(-c2ccc3cc(O)ccc3c2)nc1. The summed E-state index contributed by atoms with van der Waals surface area (Å²) in [5, 5.41) is 11.7. The highest BCUT2D eigenvalue weighted by Gasteiger charge is 2.04. The van der Waals surface area contributed by atoms with Gasteiger partial charge >= 0.3 is 0 Å². The van der Waals surface area contributed by atoms with Crippen molar-refractivity contribution in [3.05, 3.63) is 54.4 Å². The Labute approximate surface area is 156 Å². The first-order chi connectivity index (χ1) is 12.8. The van der Waals surface area contributed by atoms with Crippen LogP contribution in [0.2, 0.25) is 0 Å². The molecule has 1 heterocycles. The maximum Gasteiger partial charge on any atom is 0.159 e. The molecule has 0 radical (unpaired) electrons. The lowest BCUT2D eigenvalue weighted by atomic mass is 10.1. The van der Waals surface area contributed by atoms with Gasteiger partial charge in [-0.25, -0.2) is 9.97 Å². The minimum Gasteiger partial charge on any atom is -0.508 e. The van der Waals surface area contributed by atoms with Crippen LogP contribution in [-0.4, -0.2) is 15.1 Å². The molecule has 26 heavy (non-hydrogen) atoms. The van der Waals surface area contributed by atoms with Crippen molar-refractivity contribution < 1.29 is 5.11 Å². The molecule has 3 aromatic rings. The van der Waals surface area contributed by atoms with Crippen molar-refractivity contribution in [1.29, 1.82) is 0 Å². The second kappa shape index (κ2) is 9.33. The lowest BCUT2D eigenvalue weighted by Gasteiger charge is -2.05. The smallest absolute Gasteiger partial charge is 0.159 e. The van der Waals surface area contributed by atoms with Crippen LogP contribution in [0, 0.1) is 0 Å². The Balaban J connectivity index is 1.55. The molecule has 0 aliphatic rings. The first-order valence-electron chi connectivity index (χ1n) is 9.80. The molecule has 3 nitrogen and oxygen atoms in total. The van der Waals surface area contributed by atoms with Gasteiger partial charge in [0, 0.05) is 18.0 Å². The van der Waals surface area contributed by atoms with Crippen LogP contribution < -0.4 is 0 Å². The van der Waals surface area contributed by atoms with E-state index in [0.29, 0.717) is 0 Å². The van der Waals surface area contributed by atoms with Crippen LogP contribution in [0.25, 0.3) is 22.2 Å². The van der Waals surface area contributed by atoms with Crippen LogP contribution in [0.4, 0.5) is 0 Å². The number of fused-ring (bicyclic) bond motifs is 1. The first-order valence-corrected chi connectivity index (χ1v) is 9.80. The van der Waals surface area contributed by atoms with E-state index in [-0.39, 0.29) is 5.75 Å². The maximum absolute atomic E-state index is 9.56. The van der Waals surface area contributed by atoms with Gasteiger partial charge in [0.2, 0.25) is 0 Å². The van der Waals surface area contributed by atoms with Crippen molar-refractivity contribution >= 4 is 10.8 Å². The largest absolute Gasteiger partial charge is 0.508 e. The number of hydrogen-bond donors (Lipinski definition) is 1. The fourth-order valence-corrected chi connectivity index (χ4v) is 3.29. The zero-order valence-corrected chi connectivity index (χ0v) is 15.6. The van der Waals surface area contributed by atoms with E-state index in [1.165, 1.54) is 50.5 Å². The van der Waals surface area contributed by atoms with E-state index in [1.54, 1.807) is 12.1 Å². The number of nitrogens with zero attached hydrogens (tertiary/aromatic N) is 2. The quantitative estimate of drug-likeness (QED) is 0.462. The number of aryl methyl sites for hydroxylation is 1. The minimum absolute atomic E-state index is 0.288. The van der Waals surface area contributed by atoms with Gasteiger partial charge in [-0.15, -0.1) is 0 Å². The third-order valence-electron chi connectivity index (χ3n) is 4.86. The minimum atomic E-state index is 0.288. The monoisotopic (exact) mass is 348 g/mol. The second-order valence-electron chi connectivity index (χ2n) is 7.03. The fraction of sp³-hybridized carbons (Fsp3) is 0.391. The lowest BCUT2D eigenvalue weighted by Crippen LogP contribution is -1.93. The Morgan fingerprint density at radius 1 is 0.769 bits per heavy atom. The van der Waals surface area contributed by atoms with E-state index in [4.69, 9.17) is 0 Å². The van der Waals surface area contributed by atoms with Crippen LogP contribution in [0.3, 0.4) is 0 Å². The number of rotatable bonds is 9. The highest BCUT2D eigenvalue weighted by Crippen LogP contribution is 2.25. The summed E-state index contributed by atoms with van der Waals surface area (Å²) in [5.41, 5.74) is 2.22. The number of unbranched alkanes of at least 4 members (excludes halogenated alkanes) is 6. The molecular weight excluding hydrogens is 320 g/mol. The first kappa shape index (κ1) is 18.4. The summed E-state index contributed by atoms with van der Waals surface area (Å²) in [7, 11) is 0. The molecule has 0 aliphatic carbocycles. The molecule has 3 heteroatoms. The molecule has 0 spiro atoms. The molecule has 0 fully saturated rings. The number of phenolic OH excluding ortho intramolecular Hbond substituents is 1. The number of phenols is 1. The van der Waals surface area contributed by atoms with E-state index >= 15 is 0 Å². The van der Waals surface area contributed by atoms with E-state index in [1.807, 2.05) is 30.6 Å². The molecular formula is C23H28N2O. The zero-order chi connectivity index (χ0) is 18.2. The van der Waals surface area contributed by atoms with Crippen molar-refractivity contribution in [3.63, 3.8) is 0 Å². The maximum atomic E-state index is 9.56. The van der Waals surface area contributed by atoms with Crippen molar-refractivity contribution in [3.8, 4) is 17.1 Å². The second-order valence-corrected chi connectivity index (χ2v) is 7.03. The van der Waals surface area contributed by atoms with Gasteiger partial charge in [0.05, 0.1) is 0 Å². The average molecular weight is 348 g/mol. The van der Waals surface area contributed by atoms with Crippen LogP contribution in [-0.2, 0) is 6.42 Å². The predicted molar refractivity (Wildman–Crippen MR) is 108 cm³/mol. The van der Waals surface area contributed by atoms with Crippen molar-refractivity contribution in [2.45, 2.75) is 58.3 Å². The highest BCUT2D eigenvalue weighted by molar-refractivity contribution is 5.87. The summed E-state index contributed by atoms with van der Waals surface area (Å²) in [5.74, 6) is 1.04. The molecule has 1 N–H and O–H groups in total. The third-order valence-corrected chi connectivity index (χ3v) is 4.86. The van der Waals surface area contributed by atoms with Crippen molar-refractivity contribution in [1.82, 2.24) is 9.97 Å². The zero-order valence-electron chi connectivity index (χ0n) is 15.6. The highest BCUT2D eigenvalue weighted by atomic mass is 16.3. The predicted octanol–water partition coefficient (Wildman–Crippen LogP) is 6.30. The normalized spacial score (nSPS) is 11.1. The average Bonchev–Trinajstić information content (AvgIpc) is 2.67. The summed E-state index contributed by atoms with van der Waals surface area (Å²) in [4.78, 5) is 9.10. The molecule has 0 saturated heterocycles. The third kappa shape index (κ3) is 5.04. The molecule has 0 aliphatic heterocycles.